The Kier molecular flexibility index (Phi) is 4.69. The van der Waals surface area contributed by atoms with Crippen LogP contribution in [0.15, 0.2) is 34.7 Å². The summed E-state index contributed by atoms with van der Waals surface area (Å²) in [7, 11) is -3.74. The number of nitrogens with one attached hydrogen (secondary N) is 1. The molecule has 0 amide bonds. The van der Waals surface area contributed by atoms with Crippen LogP contribution >= 0.6 is 22.9 Å². The molecular weight excluding hydrogens is 332 g/mol. The molecule has 0 bridgehead atoms. The summed E-state index contributed by atoms with van der Waals surface area (Å²) < 4.78 is 27.5. The summed E-state index contributed by atoms with van der Waals surface area (Å²) in [4.78, 5) is 4.19. The van der Waals surface area contributed by atoms with E-state index in [1.165, 1.54) is 29.5 Å². The van der Waals surface area contributed by atoms with Crippen molar-refractivity contribution in [1.82, 2.24) is 9.71 Å². The molecule has 0 aliphatic carbocycles. The largest absolute Gasteiger partial charge is 0.392 e. The molecule has 0 unspecified atom stereocenters. The van der Waals surface area contributed by atoms with Crippen LogP contribution in [0.1, 0.15) is 24.4 Å². The van der Waals surface area contributed by atoms with Gasteiger partial charge in [-0.25, -0.2) is 13.4 Å². The molecule has 0 saturated carbocycles. The van der Waals surface area contributed by atoms with Crippen LogP contribution in [0.2, 0.25) is 5.02 Å². The van der Waals surface area contributed by atoms with Gasteiger partial charge in [0.05, 0.1) is 17.0 Å². The van der Waals surface area contributed by atoms with Crippen molar-refractivity contribution in [2.75, 3.05) is 0 Å². The predicted octanol–water partition coefficient (Wildman–Crippen LogP) is 2.50. The van der Waals surface area contributed by atoms with Crippen LogP contribution in [-0.2, 0) is 22.2 Å². The van der Waals surface area contributed by atoms with Crippen LogP contribution in [0.5, 0.6) is 0 Å². The van der Waals surface area contributed by atoms with Crippen molar-refractivity contribution in [3.63, 3.8) is 0 Å². The summed E-state index contributed by atoms with van der Waals surface area (Å²) in [6, 6.07) is 4.23. The minimum atomic E-state index is -3.74. The highest BCUT2D eigenvalue weighted by molar-refractivity contribution is 7.89. The van der Waals surface area contributed by atoms with Crippen LogP contribution in [0.3, 0.4) is 0 Å². The molecule has 0 atom stereocenters. The zero-order valence-corrected chi connectivity index (χ0v) is 13.9. The molecule has 2 aromatic rings. The number of thiazole rings is 1. The maximum Gasteiger partial charge on any atom is 0.241 e. The molecule has 0 aliphatic rings. The van der Waals surface area contributed by atoms with Crippen LogP contribution in [-0.4, -0.2) is 18.5 Å². The quantitative estimate of drug-likeness (QED) is 0.871. The highest BCUT2D eigenvalue weighted by atomic mass is 35.5. The van der Waals surface area contributed by atoms with Gasteiger partial charge in [0.15, 0.2) is 0 Å². The molecule has 0 spiro atoms. The summed E-state index contributed by atoms with van der Waals surface area (Å²) in [5, 5.41) is 11.7. The molecule has 2 N–H and O–H groups in total. The summed E-state index contributed by atoms with van der Waals surface area (Å²) in [5.41, 5.74) is -0.343. The summed E-state index contributed by atoms with van der Waals surface area (Å²) in [5.74, 6) is 0. The lowest BCUT2D eigenvalue weighted by molar-refractivity contribution is 0.282. The Morgan fingerprint density at radius 1 is 1.43 bits per heavy atom. The first kappa shape index (κ1) is 16.4. The molecule has 8 heteroatoms. The van der Waals surface area contributed by atoms with Crippen LogP contribution in [0.25, 0.3) is 0 Å². The smallest absolute Gasteiger partial charge is 0.241 e. The second kappa shape index (κ2) is 6.02. The lowest BCUT2D eigenvalue weighted by Gasteiger charge is -2.23. The van der Waals surface area contributed by atoms with Gasteiger partial charge in [0, 0.05) is 16.6 Å². The van der Waals surface area contributed by atoms with E-state index < -0.39 is 15.6 Å². The summed E-state index contributed by atoms with van der Waals surface area (Å²) >= 11 is 7.32. The maximum absolute atomic E-state index is 12.4. The fourth-order valence-electron chi connectivity index (χ4n) is 1.79. The third-order valence-corrected chi connectivity index (χ3v) is 5.96. The first-order chi connectivity index (χ1) is 9.76. The number of rotatable bonds is 5. The zero-order valence-electron chi connectivity index (χ0n) is 11.5. The van der Waals surface area contributed by atoms with E-state index in [9.17, 15) is 8.42 Å². The van der Waals surface area contributed by atoms with Gasteiger partial charge in [-0.2, -0.15) is 4.72 Å². The minimum absolute atomic E-state index is 0.0503. The Bertz CT molecular complexity index is 728. The SMILES string of the molecule is CC(C)(NS(=O)(=O)c1ccc(CO)c(Cl)c1)c1nccs1. The molecule has 0 fully saturated rings. The highest BCUT2D eigenvalue weighted by Crippen LogP contribution is 2.26. The molecular formula is C13H15ClN2O3S2. The van der Waals surface area contributed by atoms with E-state index in [2.05, 4.69) is 9.71 Å². The standard InChI is InChI=1S/C13H15ClN2O3S2/c1-13(2,12-15-5-6-20-12)16-21(18,19)10-4-3-9(8-17)11(14)7-10/h3-7,16-17H,8H2,1-2H3. The van der Waals surface area contributed by atoms with Crippen LogP contribution < -0.4 is 4.72 Å². The fourth-order valence-corrected chi connectivity index (χ4v) is 4.29. The van der Waals surface area contributed by atoms with E-state index in [1.54, 1.807) is 25.4 Å². The van der Waals surface area contributed by atoms with Crippen molar-refractivity contribution in [2.45, 2.75) is 30.9 Å². The lowest BCUT2D eigenvalue weighted by Crippen LogP contribution is -2.40. The second-order valence-corrected chi connectivity index (χ2v) is 7.96. The Hall–Kier alpha value is -0.990. The molecule has 21 heavy (non-hydrogen) atoms. The van der Waals surface area contributed by atoms with Gasteiger partial charge >= 0.3 is 0 Å². The Labute approximate surface area is 132 Å². The number of benzene rings is 1. The number of halogens is 1. The molecule has 1 heterocycles. The molecule has 1 aromatic carbocycles. The molecule has 0 aliphatic heterocycles. The number of aromatic nitrogens is 1. The van der Waals surface area contributed by atoms with Crippen molar-refractivity contribution >= 4 is 33.0 Å². The van der Waals surface area contributed by atoms with Gasteiger partial charge in [-0.1, -0.05) is 17.7 Å². The average Bonchev–Trinajstić information content (AvgIpc) is 2.92. The van der Waals surface area contributed by atoms with E-state index >= 15 is 0 Å². The van der Waals surface area contributed by atoms with Crippen LogP contribution in [0.4, 0.5) is 0 Å². The molecule has 1 aromatic heterocycles. The van der Waals surface area contributed by atoms with Gasteiger partial charge in [0.1, 0.15) is 5.01 Å². The van der Waals surface area contributed by atoms with E-state index in [1.807, 2.05) is 0 Å². The number of aliphatic hydroxyl groups is 1. The Balaban J connectivity index is 2.32. The fraction of sp³-hybridized carbons (Fsp3) is 0.308. The first-order valence-corrected chi connectivity index (χ1v) is 8.83. The third-order valence-electron chi connectivity index (χ3n) is 2.86. The molecule has 5 nitrogen and oxygen atoms in total. The number of hydrogen-bond donors (Lipinski definition) is 2. The van der Waals surface area contributed by atoms with E-state index in [4.69, 9.17) is 16.7 Å². The van der Waals surface area contributed by atoms with Crippen molar-refractivity contribution in [3.05, 3.63) is 45.4 Å². The van der Waals surface area contributed by atoms with Crippen molar-refractivity contribution in [1.29, 1.82) is 0 Å². The van der Waals surface area contributed by atoms with E-state index in [0.717, 1.165) is 0 Å². The van der Waals surface area contributed by atoms with Gasteiger partial charge < -0.3 is 5.11 Å². The second-order valence-electron chi connectivity index (χ2n) is 4.98. The normalized spacial score (nSPS) is 12.6. The summed E-state index contributed by atoms with van der Waals surface area (Å²) in [6.45, 7) is 3.25. The highest BCUT2D eigenvalue weighted by Gasteiger charge is 2.30. The topological polar surface area (TPSA) is 79.3 Å². The lowest BCUT2D eigenvalue weighted by atomic mass is 10.1. The number of hydrogen-bond acceptors (Lipinski definition) is 5. The van der Waals surface area contributed by atoms with Gasteiger partial charge in [0.25, 0.3) is 0 Å². The zero-order chi connectivity index (χ0) is 15.7. The molecule has 0 radical (unpaired) electrons. The first-order valence-electron chi connectivity index (χ1n) is 6.09. The summed E-state index contributed by atoms with van der Waals surface area (Å²) in [6.07, 6.45) is 1.63. The van der Waals surface area contributed by atoms with Gasteiger partial charge in [-0.05, 0) is 31.5 Å². The van der Waals surface area contributed by atoms with Crippen LogP contribution in [0, 0.1) is 0 Å². The van der Waals surface area contributed by atoms with E-state index in [-0.39, 0.29) is 16.5 Å². The number of aliphatic hydroxyl groups excluding tert-OH is 1. The van der Waals surface area contributed by atoms with Gasteiger partial charge in [0.2, 0.25) is 10.0 Å². The Morgan fingerprint density at radius 3 is 2.67 bits per heavy atom. The predicted molar refractivity (Wildman–Crippen MR) is 82.8 cm³/mol. The maximum atomic E-state index is 12.4. The number of nitrogens with zero attached hydrogens (tertiary/aromatic N) is 1. The Morgan fingerprint density at radius 2 is 2.14 bits per heavy atom. The van der Waals surface area contributed by atoms with E-state index in [0.29, 0.717) is 10.6 Å². The molecule has 0 saturated heterocycles. The van der Waals surface area contributed by atoms with Gasteiger partial charge in [-0.3, -0.25) is 0 Å². The van der Waals surface area contributed by atoms with Gasteiger partial charge in [-0.15, -0.1) is 11.3 Å². The minimum Gasteiger partial charge on any atom is -0.392 e. The molecule has 2 rings (SSSR count). The third kappa shape index (κ3) is 3.61. The van der Waals surface area contributed by atoms with Crippen molar-refractivity contribution < 1.29 is 13.5 Å². The molecule has 114 valence electrons. The average molecular weight is 347 g/mol. The number of sulfonamides is 1. The van der Waals surface area contributed by atoms with Crippen molar-refractivity contribution in [2.24, 2.45) is 0 Å². The van der Waals surface area contributed by atoms with Crippen molar-refractivity contribution in [3.8, 4) is 0 Å². The monoisotopic (exact) mass is 346 g/mol.